The number of hydrogen-bond acceptors (Lipinski definition) is 3. The number of aliphatic hydroxyl groups is 1. The molecule has 1 aromatic rings. The topological polar surface area (TPSA) is 86.6 Å². The van der Waals surface area contributed by atoms with E-state index in [1.165, 1.54) is 6.92 Å². The van der Waals surface area contributed by atoms with Crippen molar-refractivity contribution in [3.05, 3.63) is 34.9 Å². The first kappa shape index (κ1) is 15.2. The van der Waals surface area contributed by atoms with Crippen LogP contribution in [0.1, 0.15) is 34.8 Å². The van der Waals surface area contributed by atoms with E-state index in [4.69, 9.17) is 5.11 Å². The number of carbonyl (C=O) groups is 2. The van der Waals surface area contributed by atoms with Crippen LogP contribution in [0.15, 0.2) is 18.2 Å². The second kappa shape index (κ2) is 5.84. The summed E-state index contributed by atoms with van der Waals surface area (Å²) in [6.45, 7) is 4.94. The smallest absolute Gasteiger partial charge is 0.306 e. The average molecular weight is 265 g/mol. The van der Waals surface area contributed by atoms with Gasteiger partial charge in [0.05, 0.1) is 12.0 Å². The van der Waals surface area contributed by atoms with Crippen LogP contribution in [0.3, 0.4) is 0 Å². The molecule has 0 spiro atoms. The Kier molecular flexibility index (Phi) is 4.67. The largest absolute Gasteiger partial charge is 0.481 e. The van der Waals surface area contributed by atoms with E-state index in [1.807, 2.05) is 32.0 Å². The van der Waals surface area contributed by atoms with E-state index in [0.717, 1.165) is 11.1 Å². The number of nitrogens with one attached hydrogen (secondary N) is 1. The number of carbonyl (C=O) groups excluding carboxylic acids is 1. The normalized spacial score (nSPS) is 13.7. The Balaban J connectivity index is 2.73. The summed E-state index contributed by atoms with van der Waals surface area (Å²) in [5.74, 6) is -1.41. The number of carboxylic acids is 1. The fourth-order valence-corrected chi connectivity index (χ4v) is 1.92. The number of aryl methyl sites for hydroxylation is 2. The monoisotopic (exact) mass is 265 g/mol. The summed E-state index contributed by atoms with van der Waals surface area (Å²) in [5.41, 5.74) is 0.789. The Morgan fingerprint density at radius 3 is 2.26 bits per heavy atom. The lowest BCUT2D eigenvalue weighted by molar-refractivity contribution is -0.141. The van der Waals surface area contributed by atoms with Crippen LogP contribution >= 0.6 is 0 Å². The fraction of sp³-hybridized carbons (Fsp3) is 0.429. The molecule has 3 N–H and O–H groups in total. The highest BCUT2D eigenvalue weighted by Gasteiger charge is 2.25. The predicted octanol–water partition coefficient (Wildman–Crippen LogP) is 1.26. The van der Waals surface area contributed by atoms with Crippen molar-refractivity contribution in [1.82, 2.24) is 5.32 Å². The second-order valence-corrected chi connectivity index (χ2v) is 5.02. The third kappa shape index (κ3) is 4.37. The maximum Gasteiger partial charge on any atom is 0.306 e. The molecule has 19 heavy (non-hydrogen) atoms. The fourth-order valence-electron chi connectivity index (χ4n) is 1.92. The Morgan fingerprint density at radius 2 is 1.79 bits per heavy atom. The van der Waals surface area contributed by atoms with Gasteiger partial charge in [-0.05, 0) is 31.9 Å². The van der Waals surface area contributed by atoms with E-state index in [9.17, 15) is 14.7 Å². The van der Waals surface area contributed by atoms with Gasteiger partial charge in [0, 0.05) is 12.1 Å². The molecule has 1 rings (SSSR count). The highest BCUT2D eigenvalue weighted by molar-refractivity contribution is 5.97. The van der Waals surface area contributed by atoms with Crippen molar-refractivity contribution in [3.63, 3.8) is 0 Å². The standard InChI is InChI=1S/C14H19NO4/c1-9-5-4-6-10(2)12(9)13(18)15-8-14(3,19)7-11(16)17/h4-6,19H,7-8H2,1-3H3,(H,15,18)(H,16,17). The van der Waals surface area contributed by atoms with Crippen LogP contribution in [0.2, 0.25) is 0 Å². The van der Waals surface area contributed by atoms with Crippen LogP contribution in [0, 0.1) is 13.8 Å². The van der Waals surface area contributed by atoms with Gasteiger partial charge >= 0.3 is 5.97 Å². The second-order valence-electron chi connectivity index (χ2n) is 5.02. The van der Waals surface area contributed by atoms with Crippen molar-refractivity contribution in [2.75, 3.05) is 6.54 Å². The van der Waals surface area contributed by atoms with Crippen molar-refractivity contribution in [3.8, 4) is 0 Å². The summed E-state index contributed by atoms with van der Waals surface area (Å²) in [7, 11) is 0. The summed E-state index contributed by atoms with van der Waals surface area (Å²) in [6, 6.07) is 5.52. The molecule has 0 aliphatic carbocycles. The number of aliphatic carboxylic acids is 1. The molecule has 0 saturated carbocycles. The number of rotatable bonds is 5. The molecular weight excluding hydrogens is 246 g/mol. The molecule has 0 aliphatic rings. The van der Waals surface area contributed by atoms with E-state index < -0.39 is 18.0 Å². The number of hydrogen-bond donors (Lipinski definition) is 3. The van der Waals surface area contributed by atoms with E-state index >= 15 is 0 Å². The van der Waals surface area contributed by atoms with E-state index in [2.05, 4.69) is 5.32 Å². The highest BCUT2D eigenvalue weighted by Crippen LogP contribution is 2.14. The van der Waals surface area contributed by atoms with Crippen molar-refractivity contribution in [2.24, 2.45) is 0 Å². The molecular formula is C14H19NO4. The molecule has 1 unspecified atom stereocenters. The molecule has 0 fully saturated rings. The zero-order chi connectivity index (χ0) is 14.6. The minimum Gasteiger partial charge on any atom is -0.481 e. The zero-order valence-electron chi connectivity index (χ0n) is 11.4. The molecule has 0 aromatic heterocycles. The van der Waals surface area contributed by atoms with Gasteiger partial charge in [0.15, 0.2) is 0 Å². The predicted molar refractivity (Wildman–Crippen MR) is 71.1 cm³/mol. The number of amides is 1. The minimum absolute atomic E-state index is 0.105. The van der Waals surface area contributed by atoms with Crippen LogP contribution in [-0.2, 0) is 4.79 Å². The molecule has 5 nitrogen and oxygen atoms in total. The van der Waals surface area contributed by atoms with E-state index in [1.54, 1.807) is 0 Å². The first-order chi connectivity index (χ1) is 8.73. The van der Waals surface area contributed by atoms with Gasteiger partial charge in [-0.15, -0.1) is 0 Å². The van der Waals surface area contributed by atoms with E-state index in [-0.39, 0.29) is 12.5 Å². The number of carboxylic acid groups (broad SMARTS) is 1. The molecule has 1 atom stereocenters. The van der Waals surface area contributed by atoms with Gasteiger partial charge in [-0.25, -0.2) is 0 Å². The molecule has 5 heteroatoms. The molecule has 0 saturated heterocycles. The van der Waals surface area contributed by atoms with Gasteiger partial charge in [-0.3, -0.25) is 9.59 Å². The Morgan fingerprint density at radius 1 is 1.26 bits per heavy atom. The molecule has 0 bridgehead atoms. The first-order valence-electron chi connectivity index (χ1n) is 6.01. The van der Waals surface area contributed by atoms with Crippen molar-refractivity contribution in [2.45, 2.75) is 32.8 Å². The summed E-state index contributed by atoms with van der Waals surface area (Å²) in [5, 5.41) is 21.0. The molecule has 0 radical (unpaired) electrons. The van der Waals surface area contributed by atoms with Crippen LogP contribution < -0.4 is 5.32 Å². The average Bonchev–Trinajstić information content (AvgIpc) is 2.24. The Hall–Kier alpha value is -1.88. The third-order valence-corrected chi connectivity index (χ3v) is 2.87. The van der Waals surface area contributed by atoms with Crippen molar-refractivity contribution in [1.29, 1.82) is 0 Å². The lowest BCUT2D eigenvalue weighted by Crippen LogP contribution is -2.42. The molecule has 0 aliphatic heterocycles. The highest BCUT2D eigenvalue weighted by atomic mass is 16.4. The first-order valence-corrected chi connectivity index (χ1v) is 6.01. The Labute approximate surface area is 112 Å². The van der Waals surface area contributed by atoms with Crippen LogP contribution in [-0.4, -0.2) is 34.2 Å². The third-order valence-electron chi connectivity index (χ3n) is 2.87. The SMILES string of the molecule is Cc1cccc(C)c1C(=O)NCC(C)(O)CC(=O)O. The molecule has 104 valence electrons. The maximum atomic E-state index is 12.0. The quantitative estimate of drug-likeness (QED) is 0.748. The summed E-state index contributed by atoms with van der Waals surface area (Å²) < 4.78 is 0. The van der Waals surface area contributed by atoms with Gasteiger partial charge in [-0.1, -0.05) is 18.2 Å². The summed E-state index contributed by atoms with van der Waals surface area (Å²) >= 11 is 0. The van der Waals surface area contributed by atoms with Crippen LogP contribution in [0.4, 0.5) is 0 Å². The van der Waals surface area contributed by atoms with Gasteiger partial charge in [-0.2, -0.15) is 0 Å². The molecule has 1 aromatic carbocycles. The van der Waals surface area contributed by atoms with Gasteiger partial charge in [0.2, 0.25) is 0 Å². The lowest BCUT2D eigenvalue weighted by atomic mass is 10.0. The van der Waals surface area contributed by atoms with Crippen molar-refractivity contribution >= 4 is 11.9 Å². The van der Waals surface area contributed by atoms with Gasteiger partial charge < -0.3 is 15.5 Å². The van der Waals surface area contributed by atoms with Gasteiger partial charge in [0.25, 0.3) is 5.91 Å². The van der Waals surface area contributed by atoms with Gasteiger partial charge in [0.1, 0.15) is 0 Å². The van der Waals surface area contributed by atoms with Crippen molar-refractivity contribution < 1.29 is 19.8 Å². The molecule has 0 heterocycles. The summed E-state index contributed by atoms with van der Waals surface area (Å²) in [4.78, 5) is 22.6. The zero-order valence-corrected chi connectivity index (χ0v) is 11.4. The number of benzene rings is 1. The van der Waals surface area contributed by atoms with E-state index in [0.29, 0.717) is 5.56 Å². The maximum absolute atomic E-state index is 12.0. The molecule has 1 amide bonds. The van der Waals surface area contributed by atoms with Crippen LogP contribution in [0.25, 0.3) is 0 Å². The summed E-state index contributed by atoms with van der Waals surface area (Å²) in [6.07, 6.45) is -0.417. The minimum atomic E-state index is -1.46. The van der Waals surface area contributed by atoms with Crippen LogP contribution in [0.5, 0.6) is 0 Å². The Bertz CT molecular complexity index is 474. The lowest BCUT2D eigenvalue weighted by Gasteiger charge is -2.22.